The van der Waals surface area contributed by atoms with Crippen LogP contribution in [0.5, 0.6) is 0 Å². The molecule has 2 unspecified atom stereocenters. The summed E-state index contributed by atoms with van der Waals surface area (Å²) in [5, 5.41) is 3.46. The molecule has 0 radical (unpaired) electrons. The second-order valence-electron chi connectivity index (χ2n) is 5.16. The van der Waals surface area contributed by atoms with Crippen LogP contribution in [-0.2, 0) is 0 Å². The van der Waals surface area contributed by atoms with Crippen molar-refractivity contribution in [3.8, 4) is 0 Å². The summed E-state index contributed by atoms with van der Waals surface area (Å²) >= 11 is 9.52. The van der Waals surface area contributed by atoms with Crippen molar-refractivity contribution >= 4 is 33.3 Å². The lowest BCUT2D eigenvalue weighted by Gasteiger charge is -2.30. The zero-order valence-corrected chi connectivity index (χ0v) is 13.1. The number of rotatable bonds is 4. The van der Waals surface area contributed by atoms with E-state index in [1.54, 1.807) is 0 Å². The first kappa shape index (κ1) is 14.1. The third-order valence-electron chi connectivity index (χ3n) is 3.86. The summed E-state index contributed by atoms with van der Waals surface area (Å²) in [5.41, 5.74) is 1.21. The Kier molecular flexibility index (Phi) is 5.31. The van der Waals surface area contributed by atoms with Gasteiger partial charge in [-0.15, -0.1) is 11.6 Å². The Labute approximate surface area is 123 Å². The first-order chi connectivity index (χ1) is 8.70. The van der Waals surface area contributed by atoms with Crippen LogP contribution in [0.4, 0.5) is 5.82 Å². The van der Waals surface area contributed by atoms with Crippen molar-refractivity contribution in [1.82, 2.24) is 4.98 Å². The molecule has 1 aromatic rings. The molecule has 0 aliphatic heterocycles. The Balaban J connectivity index is 1.91. The van der Waals surface area contributed by atoms with Crippen LogP contribution in [0.15, 0.2) is 16.7 Å². The van der Waals surface area contributed by atoms with E-state index in [1.807, 2.05) is 6.20 Å². The Morgan fingerprint density at radius 3 is 2.78 bits per heavy atom. The molecular formula is C14H20BrClN2. The normalized spacial score (nSPS) is 23.9. The Morgan fingerprint density at radius 1 is 1.39 bits per heavy atom. The lowest BCUT2D eigenvalue weighted by atomic mass is 9.80. The van der Waals surface area contributed by atoms with Crippen molar-refractivity contribution in [1.29, 1.82) is 0 Å². The summed E-state index contributed by atoms with van der Waals surface area (Å²) in [4.78, 5) is 4.38. The van der Waals surface area contributed by atoms with Gasteiger partial charge in [-0.1, -0.05) is 12.8 Å². The van der Waals surface area contributed by atoms with Gasteiger partial charge in [-0.2, -0.15) is 0 Å². The van der Waals surface area contributed by atoms with Gasteiger partial charge in [-0.25, -0.2) is 4.98 Å². The maximum Gasteiger partial charge on any atom is 0.126 e. The number of halogens is 2. The van der Waals surface area contributed by atoms with E-state index in [4.69, 9.17) is 11.6 Å². The van der Waals surface area contributed by atoms with Gasteiger partial charge in [0.15, 0.2) is 0 Å². The molecule has 1 aliphatic rings. The molecule has 2 nitrogen and oxygen atoms in total. The minimum atomic E-state index is 0.671. The molecule has 100 valence electrons. The predicted octanol–water partition coefficient (Wildman–Crippen LogP) is 4.61. The number of anilines is 1. The van der Waals surface area contributed by atoms with E-state index in [2.05, 4.69) is 39.2 Å². The third kappa shape index (κ3) is 3.61. The Hall–Kier alpha value is -0.280. The second kappa shape index (κ2) is 6.76. The summed E-state index contributed by atoms with van der Waals surface area (Å²) in [5.74, 6) is 3.13. The maximum absolute atomic E-state index is 6.05. The second-order valence-corrected chi connectivity index (χ2v) is 6.32. The molecule has 1 N–H and O–H groups in total. The number of aryl methyl sites for hydroxylation is 1. The molecule has 1 fully saturated rings. The maximum atomic E-state index is 6.05. The van der Waals surface area contributed by atoms with Crippen LogP contribution in [0.25, 0.3) is 0 Å². The van der Waals surface area contributed by atoms with Crippen LogP contribution in [0.3, 0.4) is 0 Å². The van der Waals surface area contributed by atoms with Crippen LogP contribution < -0.4 is 5.32 Å². The molecule has 0 aromatic carbocycles. The zero-order valence-electron chi connectivity index (χ0n) is 10.8. The predicted molar refractivity (Wildman–Crippen MR) is 81.3 cm³/mol. The van der Waals surface area contributed by atoms with Crippen molar-refractivity contribution < 1.29 is 0 Å². The summed E-state index contributed by atoms with van der Waals surface area (Å²) in [6, 6.07) is 2.09. The molecule has 1 aromatic heterocycles. The first-order valence-electron chi connectivity index (χ1n) is 6.62. The zero-order chi connectivity index (χ0) is 13.0. The highest BCUT2D eigenvalue weighted by Crippen LogP contribution is 2.31. The largest absolute Gasteiger partial charge is 0.370 e. The van der Waals surface area contributed by atoms with E-state index in [9.17, 15) is 0 Å². The highest BCUT2D eigenvalue weighted by atomic mass is 79.9. The fraction of sp³-hybridized carbons (Fsp3) is 0.643. The van der Waals surface area contributed by atoms with Crippen LogP contribution in [-0.4, -0.2) is 17.4 Å². The average Bonchev–Trinajstić information content (AvgIpc) is 2.40. The number of aromatic nitrogens is 1. The smallest absolute Gasteiger partial charge is 0.126 e. The molecule has 0 bridgehead atoms. The van der Waals surface area contributed by atoms with E-state index in [0.717, 1.165) is 22.7 Å². The van der Waals surface area contributed by atoms with E-state index in [-0.39, 0.29) is 0 Å². The van der Waals surface area contributed by atoms with Crippen LogP contribution in [0.2, 0.25) is 0 Å². The standard InChI is InChI=1S/C14H20BrClN2/c1-10-6-14(18-9-13(10)15)17-8-12-5-3-2-4-11(12)7-16/h6,9,11-12H,2-5,7-8H2,1H3,(H,17,18). The monoisotopic (exact) mass is 330 g/mol. The first-order valence-corrected chi connectivity index (χ1v) is 7.95. The molecule has 2 rings (SSSR count). The number of alkyl halides is 1. The molecule has 1 heterocycles. The lowest BCUT2D eigenvalue weighted by Crippen LogP contribution is -2.27. The molecule has 1 saturated carbocycles. The lowest BCUT2D eigenvalue weighted by molar-refractivity contribution is 0.272. The van der Waals surface area contributed by atoms with Gasteiger partial charge >= 0.3 is 0 Å². The fourth-order valence-corrected chi connectivity index (χ4v) is 3.25. The SMILES string of the molecule is Cc1cc(NCC2CCCCC2CCl)ncc1Br. The van der Waals surface area contributed by atoms with Crippen molar-refractivity contribution in [2.75, 3.05) is 17.7 Å². The van der Waals surface area contributed by atoms with E-state index in [1.165, 1.54) is 31.2 Å². The minimum Gasteiger partial charge on any atom is -0.370 e. The van der Waals surface area contributed by atoms with Gasteiger partial charge < -0.3 is 5.32 Å². The van der Waals surface area contributed by atoms with Crippen LogP contribution >= 0.6 is 27.5 Å². The molecule has 2 atom stereocenters. The van der Waals surface area contributed by atoms with Crippen molar-refractivity contribution in [3.05, 3.63) is 22.3 Å². The quantitative estimate of drug-likeness (QED) is 0.815. The molecule has 0 saturated heterocycles. The fourth-order valence-electron chi connectivity index (χ4n) is 2.63. The van der Waals surface area contributed by atoms with Crippen molar-refractivity contribution in [2.24, 2.45) is 11.8 Å². The molecule has 4 heteroatoms. The molecule has 0 spiro atoms. The highest BCUT2D eigenvalue weighted by molar-refractivity contribution is 9.10. The summed E-state index contributed by atoms with van der Waals surface area (Å²) < 4.78 is 1.06. The number of pyridine rings is 1. The van der Waals surface area contributed by atoms with Crippen molar-refractivity contribution in [3.63, 3.8) is 0 Å². The van der Waals surface area contributed by atoms with E-state index >= 15 is 0 Å². The number of hydrogen-bond acceptors (Lipinski definition) is 2. The van der Waals surface area contributed by atoms with Gasteiger partial charge in [0.05, 0.1) is 0 Å². The van der Waals surface area contributed by atoms with Gasteiger partial charge in [-0.05, 0) is 59.2 Å². The van der Waals surface area contributed by atoms with Gasteiger partial charge in [0, 0.05) is 23.1 Å². The van der Waals surface area contributed by atoms with Gasteiger partial charge in [0.1, 0.15) is 5.82 Å². The summed E-state index contributed by atoms with van der Waals surface area (Å²) in [7, 11) is 0. The van der Waals surface area contributed by atoms with Gasteiger partial charge in [0.2, 0.25) is 0 Å². The number of hydrogen-bond donors (Lipinski definition) is 1. The van der Waals surface area contributed by atoms with E-state index < -0.39 is 0 Å². The van der Waals surface area contributed by atoms with Gasteiger partial charge in [-0.3, -0.25) is 0 Å². The third-order valence-corrected chi connectivity index (χ3v) is 5.08. The number of nitrogens with zero attached hydrogens (tertiary/aromatic N) is 1. The minimum absolute atomic E-state index is 0.671. The van der Waals surface area contributed by atoms with Crippen LogP contribution in [0, 0.1) is 18.8 Å². The van der Waals surface area contributed by atoms with Crippen molar-refractivity contribution in [2.45, 2.75) is 32.6 Å². The molecular weight excluding hydrogens is 312 g/mol. The summed E-state index contributed by atoms with van der Waals surface area (Å²) in [6.07, 6.45) is 7.11. The Bertz CT molecular complexity index is 397. The molecule has 1 aliphatic carbocycles. The Morgan fingerprint density at radius 2 is 2.11 bits per heavy atom. The average molecular weight is 332 g/mol. The van der Waals surface area contributed by atoms with Gasteiger partial charge in [0.25, 0.3) is 0 Å². The molecule has 0 amide bonds. The number of nitrogens with one attached hydrogen (secondary N) is 1. The topological polar surface area (TPSA) is 24.9 Å². The van der Waals surface area contributed by atoms with Crippen LogP contribution in [0.1, 0.15) is 31.2 Å². The highest BCUT2D eigenvalue weighted by Gasteiger charge is 2.24. The molecule has 18 heavy (non-hydrogen) atoms. The summed E-state index contributed by atoms with van der Waals surface area (Å²) in [6.45, 7) is 3.07. The van der Waals surface area contributed by atoms with E-state index in [0.29, 0.717) is 11.8 Å².